The molecule has 0 aliphatic carbocycles. The van der Waals surface area contributed by atoms with Gasteiger partial charge in [0.1, 0.15) is 0 Å². The van der Waals surface area contributed by atoms with E-state index in [2.05, 4.69) is 34.2 Å². The molecule has 2 aromatic rings. The lowest BCUT2D eigenvalue weighted by atomic mass is 10.1. The van der Waals surface area contributed by atoms with Crippen LogP contribution in [-0.2, 0) is 4.79 Å². The summed E-state index contributed by atoms with van der Waals surface area (Å²) in [7, 11) is 0. The third kappa shape index (κ3) is 5.43. The summed E-state index contributed by atoms with van der Waals surface area (Å²) in [4.78, 5) is 17.2. The molecule has 0 atom stereocenters. The summed E-state index contributed by atoms with van der Waals surface area (Å²) in [6, 6.07) is 14.9. The summed E-state index contributed by atoms with van der Waals surface area (Å²) in [5, 5.41) is 2.77. The second kappa shape index (κ2) is 9.19. The molecule has 27 heavy (non-hydrogen) atoms. The highest BCUT2D eigenvalue weighted by Crippen LogP contribution is 2.31. The van der Waals surface area contributed by atoms with E-state index in [1.54, 1.807) is 24.3 Å². The van der Waals surface area contributed by atoms with Crippen LogP contribution in [0.4, 0.5) is 20.2 Å². The molecule has 0 bridgehead atoms. The number of para-hydroxylation sites is 2. The van der Waals surface area contributed by atoms with Gasteiger partial charge in [-0.25, -0.2) is 0 Å². The third-order valence-electron chi connectivity index (χ3n) is 4.57. The maximum absolute atomic E-state index is 12.7. The first kappa shape index (κ1) is 19.6. The zero-order valence-electron chi connectivity index (χ0n) is 15.2. The number of thioether (sulfide) groups is 1. The van der Waals surface area contributed by atoms with Crippen LogP contribution < -0.4 is 10.2 Å². The van der Waals surface area contributed by atoms with Gasteiger partial charge >= 0.3 is 0 Å². The number of carbonyl (C=O) groups is 1. The highest BCUT2D eigenvalue weighted by Gasteiger charge is 2.20. The minimum absolute atomic E-state index is 0.179. The van der Waals surface area contributed by atoms with Gasteiger partial charge in [0, 0.05) is 36.8 Å². The average Bonchev–Trinajstić information content (AvgIpc) is 2.64. The van der Waals surface area contributed by atoms with Gasteiger partial charge in [-0.1, -0.05) is 42.1 Å². The molecule has 4 nitrogen and oxygen atoms in total. The smallest absolute Gasteiger partial charge is 0.288 e. The number of alkyl halides is 2. The van der Waals surface area contributed by atoms with Crippen LogP contribution >= 0.6 is 11.8 Å². The van der Waals surface area contributed by atoms with Crippen LogP contribution in [0.25, 0.3) is 0 Å². The van der Waals surface area contributed by atoms with Crippen LogP contribution in [0.3, 0.4) is 0 Å². The summed E-state index contributed by atoms with van der Waals surface area (Å²) in [5.41, 5.74) is 2.92. The molecule has 0 radical (unpaired) electrons. The Kier molecular flexibility index (Phi) is 6.68. The zero-order valence-corrected chi connectivity index (χ0v) is 16.0. The number of amides is 1. The van der Waals surface area contributed by atoms with Gasteiger partial charge in [-0.15, -0.1) is 0 Å². The molecule has 0 spiro atoms. The molecule has 1 aliphatic heterocycles. The fourth-order valence-electron chi connectivity index (χ4n) is 3.23. The Morgan fingerprint density at radius 1 is 1.07 bits per heavy atom. The van der Waals surface area contributed by atoms with Crippen molar-refractivity contribution in [2.45, 2.75) is 17.6 Å². The van der Waals surface area contributed by atoms with Gasteiger partial charge in [0.25, 0.3) is 5.76 Å². The van der Waals surface area contributed by atoms with Crippen LogP contribution in [0.1, 0.15) is 5.56 Å². The summed E-state index contributed by atoms with van der Waals surface area (Å²) >= 11 is 0.444. The second-order valence-electron chi connectivity index (χ2n) is 6.47. The Bertz CT molecular complexity index is 779. The number of anilines is 2. The minimum Gasteiger partial charge on any atom is -0.369 e. The number of carbonyl (C=O) groups excluding carboxylic acids is 1. The van der Waals surface area contributed by atoms with Crippen LogP contribution in [0.15, 0.2) is 53.4 Å². The van der Waals surface area contributed by atoms with E-state index in [0.29, 0.717) is 22.3 Å². The molecule has 1 amide bonds. The van der Waals surface area contributed by atoms with Crippen molar-refractivity contribution in [2.75, 3.05) is 42.9 Å². The van der Waals surface area contributed by atoms with E-state index < -0.39 is 5.76 Å². The lowest BCUT2D eigenvalue weighted by molar-refractivity contribution is -0.117. The van der Waals surface area contributed by atoms with Crippen LogP contribution in [-0.4, -0.2) is 49.3 Å². The standard InChI is InChI=1S/C20H23F2N3OS/c1-15-6-2-4-8-17(15)25-12-10-24(11-13-25)14-19(26)23-16-7-3-5-9-18(16)27-20(21)22/h2-9,20H,10-14H2,1H3,(H,23,26). The topological polar surface area (TPSA) is 35.6 Å². The number of benzene rings is 2. The Balaban J connectivity index is 1.52. The largest absolute Gasteiger partial charge is 0.369 e. The first-order valence-electron chi connectivity index (χ1n) is 8.89. The predicted octanol–water partition coefficient (Wildman–Crippen LogP) is 4.07. The average molecular weight is 391 g/mol. The van der Waals surface area contributed by atoms with Crippen molar-refractivity contribution in [3.05, 3.63) is 54.1 Å². The van der Waals surface area contributed by atoms with Crippen molar-refractivity contribution in [3.8, 4) is 0 Å². The van der Waals surface area contributed by atoms with Crippen LogP contribution in [0.2, 0.25) is 0 Å². The summed E-state index contributed by atoms with van der Waals surface area (Å²) < 4.78 is 25.3. The molecule has 1 heterocycles. The number of nitrogens with one attached hydrogen (secondary N) is 1. The summed E-state index contributed by atoms with van der Waals surface area (Å²) in [6.45, 7) is 5.65. The molecule has 2 aromatic carbocycles. The maximum atomic E-state index is 12.7. The minimum atomic E-state index is -2.52. The van der Waals surface area contributed by atoms with Crippen molar-refractivity contribution >= 4 is 29.0 Å². The van der Waals surface area contributed by atoms with Gasteiger partial charge in [-0.2, -0.15) is 8.78 Å². The Morgan fingerprint density at radius 3 is 2.44 bits per heavy atom. The number of piperazine rings is 1. The third-order valence-corrected chi connectivity index (χ3v) is 5.36. The Labute approximate surface area is 162 Å². The number of rotatable bonds is 6. The van der Waals surface area contributed by atoms with Gasteiger partial charge in [0.15, 0.2) is 0 Å². The SMILES string of the molecule is Cc1ccccc1N1CCN(CC(=O)Nc2ccccc2SC(F)F)CC1. The molecule has 0 aromatic heterocycles. The lowest BCUT2D eigenvalue weighted by Crippen LogP contribution is -2.48. The lowest BCUT2D eigenvalue weighted by Gasteiger charge is -2.36. The first-order chi connectivity index (χ1) is 13.0. The van der Waals surface area contributed by atoms with Gasteiger partial charge in [0.05, 0.1) is 12.2 Å². The molecule has 3 rings (SSSR count). The van der Waals surface area contributed by atoms with Crippen molar-refractivity contribution < 1.29 is 13.6 Å². The predicted molar refractivity (Wildman–Crippen MR) is 107 cm³/mol. The van der Waals surface area contributed by atoms with Gasteiger partial charge in [0.2, 0.25) is 5.91 Å². The number of hydrogen-bond donors (Lipinski definition) is 1. The fourth-order valence-corrected chi connectivity index (χ4v) is 3.82. The zero-order chi connectivity index (χ0) is 19.2. The quantitative estimate of drug-likeness (QED) is 0.753. The molecule has 1 saturated heterocycles. The molecule has 1 fully saturated rings. The summed E-state index contributed by atoms with van der Waals surface area (Å²) in [5.74, 6) is -2.70. The Hall–Kier alpha value is -2.12. The van der Waals surface area contributed by atoms with Gasteiger partial charge in [-0.05, 0) is 30.7 Å². The van der Waals surface area contributed by atoms with Gasteiger partial charge < -0.3 is 10.2 Å². The first-order valence-corrected chi connectivity index (χ1v) is 9.77. The fraction of sp³-hybridized carbons (Fsp3) is 0.350. The van der Waals surface area contributed by atoms with Crippen molar-refractivity contribution in [2.24, 2.45) is 0 Å². The summed E-state index contributed by atoms with van der Waals surface area (Å²) in [6.07, 6.45) is 0. The molecular weight excluding hydrogens is 368 g/mol. The molecular formula is C20H23F2N3OS. The van der Waals surface area contributed by atoms with Crippen molar-refractivity contribution in [3.63, 3.8) is 0 Å². The number of halogens is 2. The van der Waals surface area contributed by atoms with E-state index in [9.17, 15) is 13.6 Å². The van der Waals surface area contributed by atoms with E-state index >= 15 is 0 Å². The van der Waals surface area contributed by atoms with Crippen molar-refractivity contribution in [1.82, 2.24) is 4.90 Å². The molecule has 1 N–H and O–H groups in total. The van der Waals surface area contributed by atoms with Crippen molar-refractivity contribution in [1.29, 1.82) is 0 Å². The molecule has 144 valence electrons. The number of nitrogens with zero attached hydrogens (tertiary/aromatic N) is 2. The molecule has 7 heteroatoms. The number of aryl methyl sites for hydroxylation is 1. The second-order valence-corrected chi connectivity index (χ2v) is 7.50. The Morgan fingerprint density at radius 2 is 1.74 bits per heavy atom. The highest BCUT2D eigenvalue weighted by atomic mass is 32.2. The van der Waals surface area contributed by atoms with Crippen LogP contribution in [0.5, 0.6) is 0 Å². The molecule has 0 unspecified atom stereocenters. The normalized spacial score (nSPS) is 15.2. The van der Waals surface area contributed by atoms with Crippen LogP contribution in [0, 0.1) is 6.92 Å². The highest BCUT2D eigenvalue weighted by molar-refractivity contribution is 7.99. The monoisotopic (exact) mass is 391 g/mol. The van der Waals surface area contributed by atoms with E-state index in [4.69, 9.17) is 0 Å². The van der Waals surface area contributed by atoms with E-state index in [1.165, 1.54) is 11.3 Å². The van der Waals surface area contributed by atoms with E-state index in [-0.39, 0.29) is 12.5 Å². The number of hydrogen-bond acceptors (Lipinski definition) is 4. The van der Waals surface area contributed by atoms with E-state index in [1.807, 2.05) is 12.1 Å². The molecule has 1 aliphatic rings. The molecule has 0 saturated carbocycles. The van der Waals surface area contributed by atoms with Gasteiger partial charge in [-0.3, -0.25) is 9.69 Å². The maximum Gasteiger partial charge on any atom is 0.288 e. The van der Waals surface area contributed by atoms with E-state index in [0.717, 1.165) is 26.2 Å².